The van der Waals surface area contributed by atoms with Crippen LogP contribution in [-0.4, -0.2) is 187 Å². The maximum atomic E-state index is 13.0. The van der Waals surface area contributed by atoms with Gasteiger partial charge in [0, 0.05) is 114 Å². The van der Waals surface area contributed by atoms with Gasteiger partial charge in [-0.1, -0.05) is 99.9 Å². The molecular weight excluding hydrogens is 1340 g/mol. The summed E-state index contributed by atoms with van der Waals surface area (Å²) in [5.74, 6) is 5.26. The van der Waals surface area contributed by atoms with E-state index in [0.29, 0.717) is 86.1 Å². The molecule has 4 aromatic rings. The van der Waals surface area contributed by atoms with Crippen molar-refractivity contribution in [2.75, 3.05) is 79.9 Å². The van der Waals surface area contributed by atoms with E-state index in [9.17, 15) is 39.0 Å². The molecule has 3 fully saturated rings. The number of nitrogens with two attached hydrogens (primary N) is 2. The van der Waals surface area contributed by atoms with Crippen molar-refractivity contribution in [2.24, 2.45) is 16.5 Å². The molecule has 0 aliphatic carbocycles. The van der Waals surface area contributed by atoms with Gasteiger partial charge in [-0.3, -0.25) is 39.2 Å². The van der Waals surface area contributed by atoms with Gasteiger partial charge in [0.1, 0.15) is 34.6 Å². The van der Waals surface area contributed by atoms with E-state index in [4.69, 9.17) is 21.6 Å². The molecule has 6 heterocycles. The van der Waals surface area contributed by atoms with E-state index < -0.39 is 35.5 Å². The van der Waals surface area contributed by atoms with Crippen molar-refractivity contribution in [1.29, 1.82) is 5.41 Å². The first-order valence-corrected chi connectivity index (χ1v) is 39.2. The third-order valence-electron chi connectivity index (χ3n) is 13.6. The van der Waals surface area contributed by atoms with Crippen LogP contribution in [0.4, 0.5) is 0 Å². The minimum atomic E-state index is -0.975. The van der Waals surface area contributed by atoms with Crippen molar-refractivity contribution in [3.05, 3.63) is 108 Å². The first-order valence-electron chi connectivity index (χ1n) is 31.3. The van der Waals surface area contributed by atoms with Gasteiger partial charge in [-0.25, -0.2) is 15.0 Å². The second-order valence-corrected chi connectivity index (χ2v) is 31.8. The Hall–Kier alpha value is -5.60. The number of amides is 6. The normalized spacial score (nSPS) is 14.9. The highest BCUT2D eigenvalue weighted by molar-refractivity contribution is 8.77. The number of nitrogens with zero attached hydrogens (tertiary/aromatic N) is 7. The number of unbranched alkanes of at least 4 members (excludes halogenated alkanes) is 4. The lowest BCUT2D eigenvalue weighted by Gasteiger charge is -2.30. The molecule has 3 unspecified atom stereocenters. The third-order valence-corrected chi connectivity index (χ3v) is 21.2. The van der Waals surface area contributed by atoms with Crippen LogP contribution in [0.5, 0.6) is 0 Å². The molecule has 0 bridgehead atoms. The van der Waals surface area contributed by atoms with Gasteiger partial charge in [-0.2, -0.15) is 0 Å². The minimum Gasteiger partial charge on any atom is -0.595 e. The number of carbonyl (C=O) groups is 6. The summed E-state index contributed by atoms with van der Waals surface area (Å²) in [6, 6.07) is 19.7. The van der Waals surface area contributed by atoms with Crippen LogP contribution in [0.1, 0.15) is 143 Å². The summed E-state index contributed by atoms with van der Waals surface area (Å²) in [5.41, 5.74) is 13.5. The molecule has 1 aromatic carbocycles. The molecule has 3 aromatic heterocycles. The smallest absolute Gasteiger partial charge is 0.269 e. The van der Waals surface area contributed by atoms with Crippen molar-refractivity contribution in [2.45, 2.75) is 156 Å². The predicted molar refractivity (Wildman–Crippen MR) is 380 cm³/mol. The fourth-order valence-corrected chi connectivity index (χ4v) is 15.6. The molecule has 3 saturated heterocycles. The van der Waals surface area contributed by atoms with Crippen molar-refractivity contribution in [3.8, 4) is 0 Å². The molecule has 3 aliphatic rings. The van der Waals surface area contributed by atoms with Gasteiger partial charge in [-0.15, -0.1) is 35.3 Å². The number of thioether (sulfide) groups is 3. The topological polar surface area (TPSA) is 340 Å². The van der Waals surface area contributed by atoms with Gasteiger partial charge in [0.15, 0.2) is 0 Å². The summed E-state index contributed by atoms with van der Waals surface area (Å²) < 4.78 is 9.77. The molecule has 8 N–H and O–H groups in total. The van der Waals surface area contributed by atoms with E-state index >= 15 is 0 Å². The van der Waals surface area contributed by atoms with E-state index in [-0.39, 0.29) is 41.5 Å². The highest BCUT2D eigenvalue weighted by atomic mass is 33.1. The first kappa shape index (κ1) is 79.1. The zero-order valence-corrected chi connectivity index (χ0v) is 60.2. The van der Waals surface area contributed by atoms with Crippen molar-refractivity contribution in [1.82, 2.24) is 45.6 Å². The highest BCUT2D eigenvalue weighted by Crippen LogP contribution is 2.36. The van der Waals surface area contributed by atoms with Crippen LogP contribution in [0.3, 0.4) is 0 Å². The Morgan fingerprint density at radius 1 is 0.617 bits per heavy atom. The van der Waals surface area contributed by atoms with E-state index in [1.165, 1.54) is 33.3 Å². The summed E-state index contributed by atoms with van der Waals surface area (Å²) in [5, 5.41) is 38.0. The lowest BCUT2D eigenvalue weighted by atomic mass is 10.1. The molecule has 30 heteroatoms. The van der Waals surface area contributed by atoms with Crippen LogP contribution in [0.15, 0.2) is 105 Å². The number of ether oxygens (including phenoxy) is 2. The number of pyridine rings is 3. The van der Waals surface area contributed by atoms with Crippen molar-refractivity contribution in [3.63, 3.8) is 0 Å². The van der Waals surface area contributed by atoms with Gasteiger partial charge in [0.25, 0.3) is 17.7 Å². The molecule has 3 aliphatic heterocycles. The maximum absolute atomic E-state index is 13.0. The number of rotatable bonds is 31. The zero-order chi connectivity index (χ0) is 68.3. The molecule has 6 amide bonds. The van der Waals surface area contributed by atoms with Crippen molar-refractivity contribution >= 4 is 126 Å². The van der Waals surface area contributed by atoms with Crippen LogP contribution in [0.2, 0.25) is 0 Å². The molecular formula is C64H91N13O10S7-2. The predicted octanol–water partition coefficient (Wildman–Crippen LogP) is 7.68. The fourth-order valence-electron chi connectivity index (χ4n) is 8.82. The molecule has 3 atom stereocenters. The number of aliphatic imine (C=N–C) groups is 1. The van der Waals surface area contributed by atoms with Gasteiger partial charge in [0.2, 0.25) is 17.7 Å². The van der Waals surface area contributed by atoms with Crippen LogP contribution in [0, 0.1) is 5.41 Å². The number of nitrogens with one attached hydrogen (secondary N) is 4. The Labute approximate surface area is 582 Å². The maximum Gasteiger partial charge on any atom is 0.269 e. The first-order chi connectivity index (χ1) is 44.9. The van der Waals surface area contributed by atoms with Gasteiger partial charge < -0.3 is 61.8 Å². The molecule has 0 saturated carbocycles. The lowest BCUT2D eigenvalue weighted by Crippen LogP contribution is -2.42. The van der Waals surface area contributed by atoms with Gasteiger partial charge in [0.05, 0.1) is 29.2 Å². The number of carbonyl (C=O) groups excluding carboxylic acids is 6. The minimum absolute atomic E-state index is 0.0348. The summed E-state index contributed by atoms with van der Waals surface area (Å²) >= 11 is 5.21. The van der Waals surface area contributed by atoms with E-state index in [2.05, 4.69) is 52.8 Å². The molecule has 94 heavy (non-hydrogen) atoms. The number of hydrogen-bond donors (Lipinski definition) is 6. The Bertz CT molecular complexity index is 2990. The zero-order valence-electron chi connectivity index (χ0n) is 54.5. The molecule has 7 rings (SSSR count). The molecule has 0 spiro atoms. The Morgan fingerprint density at radius 3 is 1.67 bits per heavy atom. The quantitative estimate of drug-likeness (QED) is 0.0122. The average molecular weight is 1430 g/mol. The van der Waals surface area contributed by atoms with Crippen LogP contribution in [-0.2, 0) is 30.3 Å². The summed E-state index contributed by atoms with van der Waals surface area (Å²) in [7, 11) is 6.17. The Kier molecular flexibility index (Phi) is 36.1. The number of benzene rings is 1. The van der Waals surface area contributed by atoms with Crippen LogP contribution >= 0.6 is 78.5 Å². The van der Waals surface area contributed by atoms with Gasteiger partial charge in [-0.05, 0) is 121 Å². The fraction of sp³-hybridized carbons (Fsp3) is 0.547. The highest BCUT2D eigenvalue weighted by Gasteiger charge is 2.27. The standard InChI is InChI=1S/C35H49N7O6S4.C24H33N5O2S3.C5H11NO2/c1-35(2,3)48-34(47)40-28(33(46)42-18-20-50-24-42)9-6-8-16-36-31(44)25-11-14-29(39-21-25)52-51-26-12-13-27(38-22-26)32(45)37-15-7-4-5-10-30(43)41-17-19-49-23-41;25-19(14-18-6-2-1-3-7-18)16-33-34-20-9-10-22(28-15-20)23(30)27-11-5-4-8-21(26)24(31)29-12-13-32-17-29;1-5(2,3)8-4(6)7/h11-14,21-22,28H,4-10,15-20,23-24H2,1-3H3,(H,36,44)(H,37,45)(H,40,47);1-3,6-7,9-10,15,19,21H,4-5,8,11-14,16-17,25-26H2,(H,27,30);1-3H3,(H2,6,7)/p-2. The monoisotopic (exact) mass is 1430 g/mol. The van der Waals surface area contributed by atoms with Crippen LogP contribution < -0.4 is 37.6 Å². The number of aromatic nitrogens is 3. The lowest BCUT2D eigenvalue weighted by molar-refractivity contribution is -0.262. The van der Waals surface area contributed by atoms with Crippen LogP contribution in [0.25, 0.3) is 0 Å². The Morgan fingerprint density at radius 2 is 1.16 bits per heavy atom. The molecule has 516 valence electrons. The summed E-state index contributed by atoms with van der Waals surface area (Å²) in [6.45, 7) is 14.2. The summed E-state index contributed by atoms with van der Waals surface area (Å²) in [4.78, 5) is 99.2. The van der Waals surface area contributed by atoms with E-state index in [0.717, 1.165) is 96.2 Å². The Balaban J connectivity index is 0.000000325. The van der Waals surface area contributed by atoms with E-state index in [1.54, 1.807) is 140 Å². The third kappa shape index (κ3) is 32.4. The summed E-state index contributed by atoms with van der Waals surface area (Å²) in [6.07, 6.45) is 10.9. The molecule has 0 radical (unpaired) electrons. The SMILES string of the molecule is CC(C)(C)OC(=N)[O-].CC(C)(C)OC([O-])=NC(CCCCNC(=O)c1ccc(SSc2ccc(C(=O)NCCCCCC(=O)N3CCSC3)nc2)nc1)C(=O)N1CCSC1.NC(CSSc1ccc(C(=O)NCCCCC(N)C(=O)N2CCSC2)nc1)Cc1ccccc1. The van der Waals surface area contributed by atoms with E-state index in [1.807, 2.05) is 40.1 Å². The second kappa shape index (κ2) is 42.8. The molecule has 23 nitrogen and oxygen atoms in total. The number of hydrogen-bond acceptors (Lipinski definition) is 24. The van der Waals surface area contributed by atoms with Crippen molar-refractivity contribution < 1.29 is 48.5 Å². The average Bonchev–Trinajstić information content (AvgIpc) is 1.94. The largest absolute Gasteiger partial charge is 0.595 e. The van der Waals surface area contributed by atoms with Gasteiger partial charge >= 0.3 is 0 Å². The second-order valence-electron chi connectivity index (χ2n) is 23.9.